The minimum Gasteiger partial charge on any atom is -0.308 e. The number of rotatable bonds is 3. The molecule has 0 bridgehead atoms. The molecule has 1 aromatic rings. The molecule has 0 amide bonds. The van der Waals surface area contributed by atoms with Gasteiger partial charge >= 0.3 is 0 Å². The van der Waals surface area contributed by atoms with Crippen LogP contribution in [0.3, 0.4) is 0 Å². The number of piperazine rings is 1. The van der Waals surface area contributed by atoms with Crippen LogP contribution in [0.25, 0.3) is 0 Å². The zero-order chi connectivity index (χ0) is 15.0. The first-order chi connectivity index (χ1) is 10.0. The van der Waals surface area contributed by atoms with Crippen molar-refractivity contribution in [2.75, 3.05) is 13.1 Å². The molecule has 1 saturated carbocycles. The monoisotopic (exact) mass is 306 g/mol. The Morgan fingerprint density at radius 2 is 2.10 bits per heavy atom. The van der Waals surface area contributed by atoms with E-state index in [9.17, 15) is 0 Å². The van der Waals surface area contributed by atoms with Crippen LogP contribution in [0.15, 0.2) is 6.07 Å². The van der Waals surface area contributed by atoms with Crippen LogP contribution in [0.5, 0.6) is 0 Å². The third-order valence-electron chi connectivity index (χ3n) is 5.73. The first-order valence-corrected chi connectivity index (χ1v) is 9.44. The van der Waals surface area contributed by atoms with Gasteiger partial charge in [-0.2, -0.15) is 0 Å². The maximum absolute atomic E-state index is 3.91. The Kier molecular flexibility index (Phi) is 4.45. The molecule has 2 nitrogen and oxygen atoms in total. The van der Waals surface area contributed by atoms with Gasteiger partial charge in [0, 0.05) is 40.5 Å². The van der Waals surface area contributed by atoms with Crippen molar-refractivity contribution in [1.29, 1.82) is 0 Å². The lowest BCUT2D eigenvalue weighted by Crippen LogP contribution is -2.63. The number of nitrogens with one attached hydrogen (secondary N) is 1. The second-order valence-corrected chi connectivity index (χ2v) is 8.61. The second kappa shape index (κ2) is 6.02. The van der Waals surface area contributed by atoms with Gasteiger partial charge in [-0.3, -0.25) is 4.90 Å². The highest BCUT2D eigenvalue weighted by atomic mass is 32.1. The van der Waals surface area contributed by atoms with Crippen molar-refractivity contribution in [3.8, 4) is 0 Å². The molecule has 21 heavy (non-hydrogen) atoms. The third kappa shape index (κ3) is 2.93. The third-order valence-corrected chi connectivity index (χ3v) is 6.71. The second-order valence-electron chi connectivity index (χ2n) is 7.15. The summed E-state index contributed by atoms with van der Waals surface area (Å²) in [6.07, 6.45) is 6.80. The van der Waals surface area contributed by atoms with Crippen LogP contribution in [0, 0.1) is 13.8 Å². The van der Waals surface area contributed by atoms with Gasteiger partial charge in [0.05, 0.1) is 0 Å². The molecule has 3 rings (SSSR count). The number of nitrogens with zero attached hydrogens (tertiary/aromatic N) is 1. The van der Waals surface area contributed by atoms with Gasteiger partial charge < -0.3 is 5.32 Å². The van der Waals surface area contributed by atoms with Gasteiger partial charge in [-0.1, -0.05) is 19.8 Å². The Hall–Kier alpha value is -0.380. The normalized spacial score (nSPS) is 27.3. The van der Waals surface area contributed by atoms with E-state index in [0.29, 0.717) is 17.6 Å². The molecular formula is C18H30N2S. The summed E-state index contributed by atoms with van der Waals surface area (Å²) in [7, 11) is 0. The molecule has 1 saturated heterocycles. The first kappa shape index (κ1) is 15.5. The standard InChI is InChI=1S/C18H30N2S/c1-5-16-11-19-18(8-6-7-9-18)12-20(16)14(3)17-10-13(2)21-15(17)4/h10,14,16,19H,5-9,11-12H2,1-4H3. The SMILES string of the molecule is CCC1CNC2(CCCC2)CN1C(C)c1cc(C)sc1C. The van der Waals surface area contributed by atoms with Crippen LogP contribution in [0.1, 0.15) is 67.3 Å². The van der Waals surface area contributed by atoms with Crippen molar-refractivity contribution in [2.45, 2.75) is 77.4 Å². The lowest BCUT2D eigenvalue weighted by atomic mass is 9.89. The Bertz CT molecular complexity index is 487. The largest absolute Gasteiger partial charge is 0.308 e. The Labute approximate surface area is 133 Å². The van der Waals surface area contributed by atoms with E-state index in [2.05, 4.69) is 44.0 Å². The summed E-state index contributed by atoms with van der Waals surface area (Å²) in [5.74, 6) is 0. The fourth-order valence-electron chi connectivity index (χ4n) is 4.45. The van der Waals surface area contributed by atoms with Gasteiger partial charge in [-0.15, -0.1) is 11.3 Å². The molecule has 0 radical (unpaired) electrons. The minimum absolute atomic E-state index is 0.416. The maximum atomic E-state index is 3.91. The van der Waals surface area contributed by atoms with Crippen molar-refractivity contribution < 1.29 is 0 Å². The number of aryl methyl sites for hydroxylation is 2. The van der Waals surface area contributed by atoms with Gasteiger partial charge in [-0.25, -0.2) is 0 Å². The van der Waals surface area contributed by atoms with Crippen molar-refractivity contribution in [2.24, 2.45) is 0 Å². The lowest BCUT2D eigenvalue weighted by Gasteiger charge is -2.49. The molecule has 2 aliphatic rings. The molecule has 3 heteroatoms. The minimum atomic E-state index is 0.416. The average molecular weight is 307 g/mol. The molecule has 2 heterocycles. The predicted molar refractivity (Wildman–Crippen MR) is 92.2 cm³/mol. The van der Waals surface area contributed by atoms with E-state index in [4.69, 9.17) is 0 Å². The van der Waals surface area contributed by atoms with Gasteiger partial charge in [0.2, 0.25) is 0 Å². The molecule has 118 valence electrons. The first-order valence-electron chi connectivity index (χ1n) is 8.62. The van der Waals surface area contributed by atoms with Crippen LogP contribution < -0.4 is 5.32 Å². The highest BCUT2D eigenvalue weighted by Gasteiger charge is 2.42. The molecule has 1 spiro atoms. The topological polar surface area (TPSA) is 15.3 Å². The fraction of sp³-hybridized carbons (Fsp3) is 0.778. The molecule has 1 aliphatic heterocycles. The molecule has 1 N–H and O–H groups in total. The lowest BCUT2D eigenvalue weighted by molar-refractivity contribution is 0.0462. The van der Waals surface area contributed by atoms with E-state index < -0.39 is 0 Å². The summed E-state index contributed by atoms with van der Waals surface area (Å²) in [5.41, 5.74) is 1.98. The zero-order valence-corrected chi connectivity index (χ0v) is 14.9. The summed E-state index contributed by atoms with van der Waals surface area (Å²) in [6.45, 7) is 11.7. The van der Waals surface area contributed by atoms with E-state index in [1.807, 2.05) is 11.3 Å². The van der Waals surface area contributed by atoms with E-state index in [1.54, 1.807) is 5.56 Å². The van der Waals surface area contributed by atoms with Crippen molar-refractivity contribution in [1.82, 2.24) is 10.2 Å². The number of hydrogen-bond acceptors (Lipinski definition) is 3. The quantitative estimate of drug-likeness (QED) is 0.889. The summed E-state index contributed by atoms with van der Waals surface area (Å²) in [4.78, 5) is 5.76. The Morgan fingerprint density at radius 1 is 1.38 bits per heavy atom. The average Bonchev–Trinajstić information content (AvgIpc) is 3.05. The smallest absolute Gasteiger partial charge is 0.0335 e. The fourth-order valence-corrected chi connectivity index (χ4v) is 5.46. The molecule has 2 fully saturated rings. The Morgan fingerprint density at radius 3 is 2.67 bits per heavy atom. The molecule has 2 unspecified atom stereocenters. The predicted octanol–water partition coefficient (Wildman–Crippen LogP) is 4.42. The summed E-state index contributed by atoms with van der Waals surface area (Å²) >= 11 is 1.95. The van der Waals surface area contributed by atoms with Crippen LogP contribution in [-0.2, 0) is 0 Å². The van der Waals surface area contributed by atoms with Crippen molar-refractivity contribution >= 4 is 11.3 Å². The molecule has 1 aromatic heterocycles. The highest BCUT2D eigenvalue weighted by molar-refractivity contribution is 7.12. The highest BCUT2D eigenvalue weighted by Crippen LogP contribution is 2.38. The summed E-state index contributed by atoms with van der Waals surface area (Å²) < 4.78 is 0. The summed E-state index contributed by atoms with van der Waals surface area (Å²) in [6, 6.07) is 3.66. The van der Waals surface area contributed by atoms with Crippen LogP contribution in [-0.4, -0.2) is 29.6 Å². The molecule has 0 aromatic carbocycles. The van der Waals surface area contributed by atoms with E-state index >= 15 is 0 Å². The molecular weight excluding hydrogens is 276 g/mol. The Balaban J connectivity index is 1.84. The van der Waals surface area contributed by atoms with Gasteiger partial charge in [0.1, 0.15) is 0 Å². The van der Waals surface area contributed by atoms with Crippen LogP contribution in [0.4, 0.5) is 0 Å². The number of hydrogen-bond donors (Lipinski definition) is 1. The van der Waals surface area contributed by atoms with Crippen molar-refractivity contribution in [3.63, 3.8) is 0 Å². The van der Waals surface area contributed by atoms with Gasteiger partial charge in [0.25, 0.3) is 0 Å². The van der Waals surface area contributed by atoms with E-state index in [0.717, 1.165) is 0 Å². The summed E-state index contributed by atoms with van der Waals surface area (Å²) in [5, 5.41) is 3.91. The van der Waals surface area contributed by atoms with E-state index in [1.165, 1.54) is 54.9 Å². The van der Waals surface area contributed by atoms with Gasteiger partial charge in [-0.05, 0) is 51.7 Å². The van der Waals surface area contributed by atoms with Crippen LogP contribution in [0.2, 0.25) is 0 Å². The van der Waals surface area contributed by atoms with E-state index in [-0.39, 0.29) is 0 Å². The van der Waals surface area contributed by atoms with Gasteiger partial charge in [0.15, 0.2) is 0 Å². The number of thiophene rings is 1. The maximum Gasteiger partial charge on any atom is 0.0335 e. The molecule has 2 atom stereocenters. The molecule has 1 aliphatic carbocycles. The van der Waals surface area contributed by atoms with Crippen LogP contribution >= 0.6 is 11.3 Å². The van der Waals surface area contributed by atoms with Crippen molar-refractivity contribution in [3.05, 3.63) is 21.4 Å². The zero-order valence-electron chi connectivity index (χ0n) is 14.0.